The van der Waals surface area contributed by atoms with Crippen LogP contribution in [0.2, 0.25) is 0 Å². The number of benzene rings is 2. The fraction of sp³-hybridized carbons (Fsp3) is 0.409. The van der Waals surface area contributed by atoms with Crippen molar-refractivity contribution in [2.45, 2.75) is 52.7 Å². The second-order valence-corrected chi connectivity index (χ2v) is 6.90. The Kier molecular flexibility index (Phi) is 5.74. The molecule has 26 heavy (non-hydrogen) atoms. The first-order valence-corrected chi connectivity index (χ1v) is 9.42. The molecular formula is C22H27NO3. The molecule has 3 rings (SSSR count). The Balaban J connectivity index is 2.14. The van der Waals surface area contributed by atoms with Crippen molar-refractivity contribution in [3.8, 4) is 0 Å². The predicted molar refractivity (Wildman–Crippen MR) is 103 cm³/mol. The molecule has 1 aliphatic carbocycles. The molecule has 1 fully saturated rings. The molecule has 138 valence electrons. The zero-order chi connectivity index (χ0) is 18.7. The van der Waals surface area contributed by atoms with E-state index in [0.717, 1.165) is 47.9 Å². The molecule has 4 nitrogen and oxygen atoms in total. The van der Waals surface area contributed by atoms with Crippen LogP contribution in [0.25, 0.3) is 0 Å². The van der Waals surface area contributed by atoms with E-state index < -0.39 is 0 Å². The van der Waals surface area contributed by atoms with Gasteiger partial charge in [-0.25, -0.2) is 0 Å². The molecule has 0 radical (unpaired) electrons. The maximum absolute atomic E-state index is 13.1. The molecule has 2 aromatic carbocycles. The first-order chi connectivity index (χ1) is 12.6. The Morgan fingerprint density at radius 1 is 0.923 bits per heavy atom. The van der Waals surface area contributed by atoms with Crippen molar-refractivity contribution >= 4 is 17.3 Å². The fourth-order valence-electron chi connectivity index (χ4n) is 3.29. The van der Waals surface area contributed by atoms with E-state index >= 15 is 0 Å². The van der Waals surface area contributed by atoms with E-state index in [2.05, 4.69) is 13.8 Å². The summed E-state index contributed by atoms with van der Waals surface area (Å²) in [6.45, 7) is 3.88. The highest BCUT2D eigenvalue weighted by Crippen LogP contribution is 2.39. The lowest BCUT2D eigenvalue weighted by Crippen LogP contribution is -2.29. The van der Waals surface area contributed by atoms with Gasteiger partial charge in [0, 0.05) is 17.0 Å². The molecule has 0 unspecified atom stereocenters. The summed E-state index contributed by atoms with van der Waals surface area (Å²) in [5.41, 5.74) is 5.14. The Labute approximate surface area is 155 Å². The van der Waals surface area contributed by atoms with Gasteiger partial charge in [-0.05, 0) is 48.9 Å². The minimum atomic E-state index is -0.126. The van der Waals surface area contributed by atoms with E-state index in [9.17, 15) is 15.0 Å². The van der Waals surface area contributed by atoms with Gasteiger partial charge in [0.05, 0.1) is 24.6 Å². The maximum Gasteiger partial charge on any atom is 0.234 e. The van der Waals surface area contributed by atoms with Crippen molar-refractivity contribution in [3.63, 3.8) is 0 Å². The zero-order valence-corrected chi connectivity index (χ0v) is 15.5. The second-order valence-electron chi connectivity index (χ2n) is 6.90. The number of carbonyl (C=O) groups is 1. The lowest BCUT2D eigenvalue weighted by Gasteiger charge is -2.28. The Morgan fingerprint density at radius 3 is 1.73 bits per heavy atom. The summed E-state index contributed by atoms with van der Waals surface area (Å²) in [5, 5.41) is 19.8. The van der Waals surface area contributed by atoms with Crippen LogP contribution in [-0.4, -0.2) is 16.1 Å². The normalized spacial score (nSPS) is 13.7. The Bertz CT molecular complexity index is 740. The number of nitrogens with zero attached hydrogens (tertiary/aromatic N) is 1. The molecule has 1 aliphatic rings. The van der Waals surface area contributed by atoms with Crippen LogP contribution in [0.1, 0.15) is 48.9 Å². The average molecular weight is 353 g/mol. The summed E-state index contributed by atoms with van der Waals surface area (Å²) in [5.74, 6) is 0.0766. The van der Waals surface area contributed by atoms with Crippen LogP contribution in [0.3, 0.4) is 0 Å². The number of anilines is 2. The van der Waals surface area contributed by atoms with Crippen LogP contribution in [0.4, 0.5) is 11.4 Å². The van der Waals surface area contributed by atoms with Crippen molar-refractivity contribution in [3.05, 3.63) is 58.7 Å². The SMILES string of the molecule is CCc1ccc(N(C(=O)C2CC2)c2ccc(CC)cc2CO)c(CO)c1. The number of aliphatic hydroxyl groups excluding tert-OH is 2. The highest BCUT2D eigenvalue weighted by molar-refractivity contribution is 6.04. The van der Waals surface area contributed by atoms with Crippen LogP contribution in [0.5, 0.6) is 0 Å². The molecule has 0 aromatic heterocycles. The molecule has 0 bridgehead atoms. The molecule has 0 aliphatic heterocycles. The van der Waals surface area contributed by atoms with E-state index in [0.29, 0.717) is 11.4 Å². The first-order valence-electron chi connectivity index (χ1n) is 9.42. The zero-order valence-electron chi connectivity index (χ0n) is 15.5. The molecule has 0 atom stereocenters. The lowest BCUT2D eigenvalue weighted by molar-refractivity contribution is -0.119. The molecule has 0 heterocycles. The number of hydrogen-bond donors (Lipinski definition) is 2. The summed E-state index contributed by atoms with van der Waals surface area (Å²) in [6, 6.07) is 11.8. The minimum Gasteiger partial charge on any atom is -0.392 e. The number of aryl methyl sites for hydroxylation is 2. The van der Waals surface area contributed by atoms with Crippen molar-refractivity contribution in [2.24, 2.45) is 5.92 Å². The Morgan fingerprint density at radius 2 is 1.38 bits per heavy atom. The summed E-state index contributed by atoms with van der Waals surface area (Å²) in [6.07, 6.45) is 3.55. The fourth-order valence-corrected chi connectivity index (χ4v) is 3.29. The standard InChI is InChI=1S/C22H27NO3/c1-3-15-5-9-20(18(11-15)13-24)23(22(26)17-7-8-17)21-10-6-16(4-2)12-19(21)14-25/h5-6,9-12,17,24-25H,3-4,7-8,13-14H2,1-2H3. The molecule has 1 amide bonds. The summed E-state index contributed by atoms with van der Waals surface area (Å²) < 4.78 is 0. The monoisotopic (exact) mass is 353 g/mol. The Hall–Kier alpha value is -2.17. The third kappa shape index (κ3) is 3.67. The second kappa shape index (κ2) is 8.02. The maximum atomic E-state index is 13.1. The van der Waals surface area contributed by atoms with Gasteiger partial charge < -0.3 is 10.2 Å². The molecule has 0 saturated heterocycles. The topological polar surface area (TPSA) is 60.8 Å². The molecule has 0 spiro atoms. The van der Waals surface area contributed by atoms with E-state index in [1.54, 1.807) is 4.90 Å². The van der Waals surface area contributed by atoms with Crippen molar-refractivity contribution in [2.75, 3.05) is 4.90 Å². The average Bonchev–Trinajstić information content (AvgIpc) is 3.53. The van der Waals surface area contributed by atoms with Gasteiger partial charge in [0.1, 0.15) is 0 Å². The van der Waals surface area contributed by atoms with Crippen LogP contribution in [0, 0.1) is 5.92 Å². The van der Waals surface area contributed by atoms with Gasteiger partial charge in [-0.3, -0.25) is 9.69 Å². The van der Waals surface area contributed by atoms with Gasteiger partial charge in [-0.1, -0.05) is 38.1 Å². The van der Waals surface area contributed by atoms with Crippen LogP contribution in [0.15, 0.2) is 36.4 Å². The molecule has 2 aromatic rings. The van der Waals surface area contributed by atoms with Gasteiger partial charge in [0.25, 0.3) is 0 Å². The molecule has 1 saturated carbocycles. The van der Waals surface area contributed by atoms with Gasteiger partial charge in [0.2, 0.25) is 5.91 Å². The van der Waals surface area contributed by atoms with Crippen LogP contribution in [-0.2, 0) is 30.8 Å². The van der Waals surface area contributed by atoms with Gasteiger partial charge >= 0.3 is 0 Å². The van der Waals surface area contributed by atoms with Crippen molar-refractivity contribution in [1.29, 1.82) is 0 Å². The number of hydrogen-bond acceptors (Lipinski definition) is 3. The summed E-state index contributed by atoms with van der Waals surface area (Å²) in [4.78, 5) is 14.8. The number of rotatable bonds is 7. The van der Waals surface area contributed by atoms with Crippen molar-refractivity contribution < 1.29 is 15.0 Å². The third-order valence-electron chi connectivity index (χ3n) is 5.07. The highest BCUT2D eigenvalue weighted by atomic mass is 16.3. The summed E-state index contributed by atoms with van der Waals surface area (Å²) >= 11 is 0. The van der Waals surface area contributed by atoms with Gasteiger partial charge in [-0.15, -0.1) is 0 Å². The third-order valence-corrected chi connectivity index (χ3v) is 5.07. The largest absolute Gasteiger partial charge is 0.392 e. The molecule has 4 heteroatoms. The van der Waals surface area contributed by atoms with Crippen LogP contribution >= 0.6 is 0 Å². The number of amides is 1. The smallest absolute Gasteiger partial charge is 0.234 e. The number of aliphatic hydroxyl groups is 2. The lowest BCUT2D eigenvalue weighted by atomic mass is 10.0. The van der Waals surface area contributed by atoms with E-state index in [1.165, 1.54) is 0 Å². The van der Waals surface area contributed by atoms with Crippen LogP contribution < -0.4 is 4.90 Å². The van der Waals surface area contributed by atoms with E-state index in [4.69, 9.17) is 0 Å². The van der Waals surface area contributed by atoms with E-state index in [1.807, 2.05) is 36.4 Å². The highest BCUT2D eigenvalue weighted by Gasteiger charge is 2.36. The molecule has 2 N–H and O–H groups in total. The van der Waals surface area contributed by atoms with Gasteiger partial charge in [0.15, 0.2) is 0 Å². The number of carbonyl (C=O) groups excluding carboxylic acids is 1. The first kappa shape index (κ1) is 18.6. The predicted octanol–water partition coefficient (Wildman–Crippen LogP) is 3.87. The summed E-state index contributed by atoms with van der Waals surface area (Å²) in [7, 11) is 0. The van der Waals surface area contributed by atoms with Gasteiger partial charge in [-0.2, -0.15) is 0 Å². The quantitative estimate of drug-likeness (QED) is 0.794. The van der Waals surface area contributed by atoms with Crippen molar-refractivity contribution in [1.82, 2.24) is 0 Å². The minimum absolute atomic E-state index is 0.0322. The van der Waals surface area contributed by atoms with E-state index in [-0.39, 0.29) is 25.0 Å². The molecular weight excluding hydrogens is 326 g/mol.